The number of rotatable bonds is 4. The van der Waals surface area contributed by atoms with Gasteiger partial charge in [0, 0.05) is 12.6 Å². The van der Waals surface area contributed by atoms with Crippen molar-refractivity contribution in [2.24, 2.45) is 5.92 Å². The van der Waals surface area contributed by atoms with E-state index in [1.165, 1.54) is 25.3 Å². The van der Waals surface area contributed by atoms with E-state index in [9.17, 15) is 4.79 Å². The van der Waals surface area contributed by atoms with Gasteiger partial charge >= 0.3 is 0 Å². The van der Waals surface area contributed by atoms with E-state index in [1.54, 1.807) is 6.07 Å². The first-order valence-corrected chi connectivity index (χ1v) is 6.03. The van der Waals surface area contributed by atoms with Crippen molar-refractivity contribution in [1.29, 1.82) is 0 Å². The Kier molecular flexibility index (Phi) is 2.79. The van der Waals surface area contributed by atoms with Gasteiger partial charge in [0.1, 0.15) is 5.69 Å². The number of H-pyrrole nitrogens is 2. The summed E-state index contributed by atoms with van der Waals surface area (Å²) in [6, 6.07) is 3.02. The van der Waals surface area contributed by atoms with Crippen LogP contribution in [0.3, 0.4) is 0 Å². The maximum absolute atomic E-state index is 10.9. The molecule has 7 nitrogen and oxygen atoms in total. The second-order valence-corrected chi connectivity index (χ2v) is 4.49. The Balaban J connectivity index is 1.68. The molecule has 0 unspecified atom stereocenters. The normalized spacial score (nSPS) is 15.3. The average Bonchev–Trinajstić information content (AvgIpc) is 2.77. The topological polar surface area (TPSA) is 99.3 Å². The van der Waals surface area contributed by atoms with Gasteiger partial charge in [-0.25, -0.2) is 5.10 Å². The van der Waals surface area contributed by atoms with Crippen LogP contribution >= 0.6 is 0 Å². The van der Waals surface area contributed by atoms with Crippen LogP contribution in [-0.2, 0) is 0 Å². The highest BCUT2D eigenvalue weighted by Gasteiger charge is 2.17. The van der Waals surface area contributed by atoms with Crippen molar-refractivity contribution in [3.63, 3.8) is 0 Å². The lowest BCUT2D eigenvalue weighted by Gasteiger charge is -2.24. The smallest absolute Gasteiger partial charge is 0.264 e. The summed E-state index contributed by atoms with van der Waals surface area (Å²) in [5.41, 5.74) is 0.334. The van der Waals surface area contributed by atoms with E-state index >= 15 is 0 Å². The minimum atomic E-state index is -0.235. The molecule has 0 aromatic carbocycles. The van der Waals surface area contributed by atoms with E-state index in [0.717, 1.165) is 12.5 Å². The second kappa shape index (κ2) is 4.59. The van der Waals surface area contributed by atoms with E-state index in [0.29, 0.717) is 17.5 Å². The monoisotopic (exact) mass is 246 g/mol. The Labute approximate surface area is 103 Å². The zero-order valence-electron chi connectivity index (χ0n) is 9.81. The lowest BCUT2D eigenvalue weighted by atomic mass is 9.85. The van der Waals surface area contributed by atoms with Crippen LogP contribution in [0.25, 0.3) is 11.5 Å². The summed E-state index contributed by atoms with van der Waals surface area (Å²) in [4.78, 5) is 15.2. The Morgan fingerprint density at radius 2 is 2.17 bits per heavy atom. The number of anilines is 1. The maximum atomic E-state index is 10.9. The van der Waals surface area contributed by atoms with Crippen molar-refractivity contribution in [3.05, 3.63) is 22.5 Å². The van der Waals surface area contributed by atoms with Gasteiger partial charge in [0.15, 0.2) is 5.82 Å². The third-order valence-corrected chi connectivity index (χ3v) is 3.18. The number of hydrogen-bond acceptors (Lipinski definition) is 5. The molecule has 0 spiro atoms. The number of nitrogens with one attached hydrogen (secondary N) is 3. The minimum absolute atomic E-state index is 0.235. The Hall–Kier alpha value is -2.18. The van der Waals surface area contributed by atoms with E-state index < -0.39 is 0 Å². The summed E-state index contributed by atoms with van der Waals surface area (Å²) in [6.07, 6.45) is 3.89. The van der Waals surface area contributed by atoms with E-state index in [-0.39, 0.29) is 5.56 Å². The van der Waals surface area contributed by atoms with Crippen molar-refractivity contribution in [2.75, 3.05) is 11.9 Å². The quantitative estimate of drug-likeness (QED) is 0.739. The van der Waals surface area contributed by atoms with Crippen LogP contribution in [0.2, 0.25) is 0 Å². The standard InChI is InChI=1S/C11H14N6O/c18-9-5-4-8(14-15-9)10-13-11(17-16-10)12-6-7-2-1-3-7/h4-5,7H,1-3,6H2,(H,15,18)(H2,12,13,16,17). The third kappa shape index (κ3) is 2.24. The summed E-state index contributed by atoms with van der Waals surface area (Å²) in [5.74, 6) is 1.87. The van der Waals surface area contributed by atoms with Gasteiger partial charge in [-0.15, -0.1) is 5.10 Å². The van der Waals surface area contributed by atoms with Crippen LogP contribution in [0.1, 0.15) is 19.3 Å². The third-order valence-electron chi connectivity index (χ3n) is 3.18. The second-order valence-electron chi connectivity index (χ2n) is 4.49. The van der Waals surface area contributed by atoms with Gasteiger partial charge in [-0.05, 0) is 24.8 Å². The molecule has 1 saturated carbocycles. The van der Waals surface area contributed by atoms with Crippen molar-refractivity contribution < 1.29 is 0 Å². The molecule has 2 heterocycles. The van der Waals surface area contributed by atoms with E-state index in [1.807, 2.05) is 0 Å². The summed E-state index contributed by atoms with van der Waals surface area (Å²) < 4.78 is 0. The van der Waals surface area contributed by atoms with Crippen LogP contribution < -0.4 is 10.9 Å². The first-order chi connectivity index (χ1) is 8.81. The molecule has 2 aromatic heterocycles. The zero-order chi connectivity index (χ0) is 12.4. The van der Waals surface area contributed by atoms with Crippen molar-refractivity contribution in [1.82, 2.24) is 25.4 Å². The van der Waals surface area contributed by atoms with Crippen LogP contribution in [0.15, 0.2) is 16.9 Å². The summed E-state index contributed by atoms with van der Waals surface area (Å²) in [5, 5.41) is 16.3. The fraction of sp³-hybridized carbons (Fsp3) is 0.455. The molecule has 0 atom stereocenters. The molecule has 2 aromatic rings. The number of nitrogens with zero attached hydrogens (tertiary/aromatic N) is 3. The summed E-state index contributed by atoms with van der Waals surface area (Å²) in [6.45, 7) is 0.913. The average molecular weight is 246 g/mol. The molecule has 18 heavy (non-hydrogen) atoms. The van der Waals surface area contributed by atoms with Gasteiger partial charge in [-0.1, -0.05) is 6.42 Å². The fourth-order valence-electron chi connectivity index (χ4n) is 1.86. The molecule has 94 valence electrons. The highest BCUT2D eigenvalue weighted by molar-refractivity contribution is 5.49. The molecule has 0 amide bonds. The maximum Gasteiger partial charge on any atom is 0.264 e. The highest BCUT2D eigenvalue weighted by Crippen LogP contribution is 2.26. The number of hydrogen-bond donors (Lipinski definition) is 3. The molecule has 0 aliphatic heterocycles. The van der Waals surface area contributed by atoms with Gasteiger partial charge in [0.05, 0.1) is 0 Å². The SMILES string of the molecule is O=c1ccc(-c2nc(NCC3CCC3)n[nH]2)n[nH]1. The molecule has 0 saturated heterocycles. The summed E-state index contributed by atoms with van der Waals surface area (Å²) >= 11 is 0. The van der Waals surface area contributed by atoms with E-state index in [2.05, 4.69) is 30.7 Å². The Morgan fingerprint density at radius 3 is 2.83 bits per heavy atom. The fourth-order valence-corrected chi connectivity index (χ4v) is 1.86. The van der Waals surface area contributed by atoms with Gasteiger partial charge < -0.3 is 5.32 Å². The molecular weight excluding hydrogens is 232 g/mol. The van der Waals surface area contributed by atoms with Crippen LogP contribution in [0, 0.1) is 5.92 Å². The van der Waals surface area contributed by atoms with E-state index in [4.69, 9.17) is 0 Å². The predicted molar refractivity (Wildman–Crippen MR) is 66.1 cm³/mol. The molecule has 1 fully saturated rings. The van der Waals surface area contributed by atoms with Crippen molar-refractivity contribution in [2.45, 2.75) is 19.3 Å². The lowest BCUT2D eigenvalue weighted by molar-refractivity contribution is 0.333. The Bertz CT molecular complexity index is 565. The number of aromatic nitrogens is 5. The van der Waals surface area contributed by atoms with Crippen molar-refractivity contribution in [3.8, 4) is 11.5 Å². The van der Waals surface area contributed by atoms with Gasteiger partial charge in [0.25, 0.3) is 5.56 Å². The predicted octanol–water partition coefficient (Wildman–Crippen LogP) is 0.767. The molecular formula is C11H14N6O. The first kappa shape index (κ1) is 10.9. The van der Waals surface area contributed by atoms with Crippen molar-refractivity contribution >= 4 is 5.95 Å². The Morgan fingerprint density at radius 1 is 1.28 bits per heavy atom. The first-order valence-electron chi connectivity index (χ1n) is 6.03. The molecule has 1 aliphatic carbocycles. The lowest BCUT2D eigenvalue weighted by Crippen LogP contribution is -2.21. The van der Waals surface area contributed by atoms with Gasteiger partial charge in [-0.3, -0.25) is 9.89 Å². The van der Waals surface area contributed by atoms with Gasteiger partial charge in [0.2, 0.25) is 5.95 Å². The largest absolute Gasteiger partial charge is 0.353 e. The molecule has 0 bridgehead atoms. The van der Waals surface area contributed by atoms with Crippen LogP contribution in [0.5, 0.6) is 0 Å². The molecule has 3 N–H and O–H groups in total. The molecule has 7 heteroatoms. The van der Waals surface area contributed by atoms with Crippen LogP contribution in [-0.4, -0.2) is 31.9 Å². The molecule has 0 radical (unpaired) electrons. The van der Waals surface area contributed by atoms with Gasteiger partial charge in [-0.2, -0.15) is 10.1 Å². The number of aromatic amines is 2. The summed E-state index contributed by atoms with van der Waals surface area (Å²) in [7, 11) is 0. The molecule has 1 aliphatic rings. The highest BCUT2D eigenvalue weighted by atomic mass is 16.1. The zero-order valence-corrected chi connectivity index (χ0v) is 9.81. The van der Waals surface area contributed by atoms with Crippen LogP contribution in [0.4, 0.5) is 5.95 Å². The molecule has 3 rings (SSSR count). The minimum Gasteiger partial charge on any atom is -0.353 e.